The smallest absolute Gasteiger partial charge is 0.256 e. The molecule has 4 aromatic rings. The van der Waals surface area contributed by atoms with Crippen LogP contribution in [0.1, 0.15) is 43.2 Å². The number of ketones is 1. The summed E-state index contributed by atoms with van der Waals surface area (Å²) in [6.45, 7) is 4.28. The molecule has 0 spiro atoms. The van der Waals surface area contributed by atoms with Gasteiger partial charge in [0.05, 0.1) is 36.3 Å². The van der Waals surface area contributed by atoms with Gasteiger partial charge >= 0.3 is 0 Å². The summed E-state index contributed by atoms with van der Waals surface area (Å²) in [5.74, 6) is 0.157. The average molecular weight is 474 g/mol. The van der Waals surface area contributed by atoms with E-state index in [0.717, 1.165) is 17.0 Å². The van der Waals surface area contributed by atoms with Crippen LogP contribution in [0.5, 0.6) is 5.75 Å². The molecule has 172 valence electrons. The minimum atomic E-state index is -0.370. The number of rotatable bonds is 7. The summed E-state index contributed by atoms with van der Waals surface area (Å²) in [4.78, 5) is 26.3. The molecule has 0 aliphatic heterocycles. The maximum Gasteiger partial charge on any atom is 0.256 e. The van der Waals surface area contributed by atoms with Gasteiger partial charge in [-0.25, -0.2) is 0 Å². The molecule has 1 N–H and O–H groups in total. The van der Waals surface area contributed by atoms with Gasteiger partial charge in [0.15, 0.2) is 5.78 Å². The van der Waals surface area contributed by atoms with E-state index >= 15 is 0 Å². The summed E-state index contributed by atoms with van der Waals surface area (Å²) in [7, 11) is 1.63. The zero-order valence-corrected chi connectivity index (χ0v) is 19.9. The maximum atomic E-state index is 13.2. The van der Waals surface area contributed by atoms with Crippen molar-refractivity contribution in [1.82, 2.24) is 9.78 Å². The number of hydrogen-bond donors (Lipinski definition) is 1. The van der Waals surface area contributed by atoms with Crippen molar-refractivity contribution in [2.75, 3.05) is 12.4 Å². The molecule has 1 amide bonds. The molecule has 0 fully saturated rings. The number of nitrogens with one attached hydrogen (secondary N) is 1. The Hall–Kier alpha value is -3.90. The van der Waals surface area contributed by atoms with Crippen molar-refractivity contribution in [3.8, 4) is 5.75 Å². The highest BCUT2D eigenvalue weighted by atomic mass is 35.5. The number of halogens is 1. The first-order valence-corrected chi connectivity index (χ1v) is 11.1. The Morgan fingerprint density at radius 1 is 0.971 bits per heavy atom. The normalized spacial score (nSPS) is 10.7. The SMILES string of the molecule is COc1cccc(Cn2nc(C)c(NC(=O)c3ccccc3C(=O)c3ccc(Cl)cc3)c2C)c1. The number of benzene rings is 3. The van der Waals surface area contributed by atoms with Crippen molar-refractivity contribution in [2.24, 2.45) is 0 Å². The third kappa shape index (κ3) is 4.87. The second-order valence-corrected chi connectivity index (χ2v) is 8.33. The quantitative estimate of drug-likeness (QED) is 0.350. The first-order chi connectivity index (χ1) is 16.4. The van der Waals surface area contributed by atoms with Gasteiger partial charge in [0, 0.05) is 16.1 Å². The Balaban J connectivity index is 1.59. The van der Waals surface area contributed by atoms with Crippen LogP contribution in [0.4, 0.5) is 5.69 Å². The Labute approximate surface area is 203 Å². The number of carbonyl (C=O) groups is 2. The standard InChI is InChI=1S/C27H24ClN3O3/c1-17-25(18(2)31(30-17)16-19-7-6-8-22(15-19)34-3)29-27(33)24-10-5-4-9-23(24)26(32)20-11-13-21(28)14-12-20/h4-15H,16H2,1-3H3,(H,29,33). The van der Waals surface area contributed by atoms with Gasteiger partial charge in [0.1, 0.15) is 5.75 Å². The number of nitrogens with zero attached hydrogens (tertiary/aromatic N) is 2. The summed E-state index contributed by atoms with van der Waals surface area (Å²) in [6, 6.07) is 21.1. The molecule has 0 atom stereocenters. The van der Waals surface area contributed by atoms with Gasteiger partial charge in [0.2, 0.25) is 0 Å². The highest BCUT2D eigenvalue weighted by Crippen LogP contribution is 2.24. The molecule has 1 heterocycles. The minimum Gasteiger partial charge on any atom is -0.497 e. The van der Waals surface area contributed by atoms with Gasteiger partial charge in [-0.3, -0.25) is 14.3 Å². The topological polar surface area (TPSA) is 73.2 Å². The number of amides is 1. The number of carbonyl (C=O) groups excluding carboxylic acids is 2. The van der Waals surface area contributed by atoms with Crippen LogP contribution < -0.4 is 10.1 Å². The first kappa shape index (κ1) is 23.3. The lowest BCUT2D eigenvalue weighted by Crippen LogP contribution is -2.17. The molecule has 3 aromatic carbocycles. The largest absolute Gasteiger partial charge is 0.497 e. The van der Waals surface area contributed by atoms with Gasteiger partial charge in [-0.15, -0.1) is 0 Å². The van der Waals surface area contributed by atoms with Crippen LogP contribution in [0.3, 0.4) is 0 Å². The van der Waals surface area contributed by atoms with E-state index in [1.807, 2.05) is 42.8 Å². The first-order valence-electron chi connectivity index (χ1n) is 10.7. The highest BCUT2D eigenvalue weighted by molar-refractivity contribution is 6.30. The van der Waals surface area contributed by atoms with Crippen LogP contribution >= 0.6 is 11.6 Å². The fourth-order valence-electron chi connectivity index (χ4n) is 3.79. The highest BCUT2D eigenvalue weighted by Gasteiger charge is 2.21. The third-order valence-electron chi connectivity index (χ3n) is 5.61. The number of aryl methyl sites for hydroxylation is 1. The summed E-state index contributed by atoms with van der Waals surface area (Å²) in [6.07, 6.45) is 0. The third-order valence-corrected chi connectivity index (χ3v) is 5.86. The molecule has 0 unspecified atom stereocenters. The second kappa shape index (κ2) is 9.93. The summed E-state index contributed by atoms with van der Waals surface area (Å²) in [5.41, 5.74) is 4.24. The predicted molar refractivity (Wildman–Crippen MR) is 133 cm³/mol. The maximum absolute atomic E-state index is 13.2. The molecule has 34 heavy (non-hydrogen) atoms. The van der Waals surface area contributed by atoms with E-state index < -0.39 is 0 Å². The van der Waals surface area contributed by atoms with Crippen LogP contribution in [0, 0.1) is 13.8 Å². The van der Waals surface area contributed by atoms with Gasteiger partial charge < -0.3 is 10.1 Å². The van der Waals surface area contributed by atoms with Crippen molar-refractivity contribution in [3.63, 3.8) is 0 Å². The van der Waals surface area contributed by atoms with Gasteiger partial charge in [-0.2, -0.15) is 5.10 Å². The van der Waals surface area contributed by atoms with Crippen molar-refractivity contribution in [3.05, 3.63) is 111 Å². The Morgan fingerprint density at radius 3 is 2.38 bits per heavy atom. The van der Waals surface area contributed by atoms with Crippen molar-refractivity contribution in [2.45, 2.75) is 20.4 Å². The van der Waals surface area contributed by atoms with Gasteiger partial charge in [0.25, 0.3) is 5.91 Å². The Kier molecular flexibility index (Phi) is 6.80. The van der Waals surface area contributed by atoms with Crippen LogP contribution in [-0.2, 0) is 6.54 Å². The van der Waals surface area contributed by atoms with Crippen LogP contribution in [0.25, 0.3) is 0 Å². The molecule has 1 aromatic heterocycles. The lowest BCUT2D eigenvalue weighted by molar-refractivity contribution is 0.0996. The lowest BCUT2D eigenvalue weighted by Gasteiger charge is -2.11. The molecule has 7 heteroatoms. The molecule has 0 saturated heterocycles. The molecule has 0 radical (unpaired) electrons. The molecule has 0 aliphatic carbocycles. The van der Waals surface area contributed by atoms with Gasteiger partial charge in [-0.05, 0) is 61.9 Å². The molecular weight excluding hydrogens is 450 g/mol. The lowest BCUT2D eigenvalue weighted by atomic mass is 9.98. The summed E-state index contributed by atoms with van der Waals surface area (Å²) >= 11 is 5.94. The fraction of sp³-hybridized carbons (Fsp3) is 0.148. The monoisotopic (exact) mass is 473 g/mol. The molecule has 4 rings (SSSR count). The van der Waals surface area contributed by atoms with E-state index in [-0.39, 0.29) is 11.7 Å². The Morgan fingerprint density at radius 2 is 1.68 bits per heavy atom. The van der Waals surface area contributed by atoms with Crippen molar-refractivity contribution in [1.29, 1.82) is 0 Å². The van der Waals surface area contributed by atoms with E-state index in [1.165, 1.54) is 0 Å². The van der Waals surface area contributed by atoms with Crippen molar-refractivity contribution >= 4 is 29.0 Å². The van der Waals surface area contributed by atoms with Crippen molar-refractivity contribution < 1.29 is 14.3 Å². The van der Waals surface area contributed by atoms with E-state index in [2.05, 4.69) is 10.4 Å². The summed E-state index contributed by atoms with van der Waals surface area (Å²) < 4.78 is 7.14. The number of anilines is 1. The number of aromatic nitrogens is 2. The van der Waals surface area contributed by atoms with E-state index in [1.54, 1.807) is 55.6 Å². The summed E-state index contributed by atoms with van der Waals surface area (Å²) in [5, 5.41) is 8.10. The van der Waals surface area contributed by atoms with Crippen LogP contribution in [0.2, 0.25) is 5.02 Å². The average Bonchev–Trinajstić information content (AvgIpc) is 3.11. The molecule has 0 saturated carbocycles. The molecular formula is C27H24ClN3O3. The van der Waals surface area contributed by atoms with E-state index in [9.17, 15) is 9.59 Å². The Bertz CT molecular complexity index is 1360. The van der Waals surface area contributed by atoms with E-state index in [0.29, 0.717) is 39.6 Å². The zero-order valence-electron chi connectivity index (χ0n) is 19.1. The van der Waals surface area contributed by atoms with Crippen LogP contribution in [-0.4, -0.2) is 28.6 Å². The molecule has 0 aliphatic rings. The second-order valence-electron chi connectivity index (χ2n) is 7.89. The fourth-order valence-corrected chi connectivity index (χ4v) is 3.92. The number of ether oxygens (including phenoxy) is 1. The number of hydrogen-bond acceptors (Lipinski definition) is 4. The number of methoxy groups -OCH3 is 1. The predicted octanol–water partition coefficient (Wildman–Crippen LogP) is 5.69. The van der Waals surface area contributed by atoms with E-state index in [4.69, 9.17) is 16.3 Å². The van der Waals surface area contributed by atoms with Crippen LogP contribution in [0.15, 0.2) is 72.8 Å². The van der Waals surface area contributed by atoms with Gasteiger partial charge in [-0.1, -0.05) is 41.9 Å². The zero-order chi connectivity index (χ0) is 24.2. The minimum absolute atomic E-state index is 0.246. The molecule has 0 bridgehead atoms. The molecule has 6 nitrogen and oxygen atoms in total.